The minimum absolute atomic E-state index is 0.958. The third-order valence-electron chi connectivity index (χ3n) is 6.18. The molecule has 152 valence electrons. The van der Waals surface area contributed by atoms with Crippen molar-refractivity contribution in [3.8, 4) is 0 Å². The number of hydrogen-bond donors (Lipinski definition) is 1. The summed E-state index contributed by atoms with van der Waals surface area (Å²) in [6.45, 7) is 5.39. The van der Waals surface area contributed by atoms with Crippen molar-refractivity contribution in [2.24, 2.45) is 0 Å². The van der Waals surface area contributed by atoms with Crippen molar-refractivity contribution in [1.29, 1.82) is 0 Å². The van der Waals surface area contributed by atoms with Gasteiger partial charge in [-0.05, 0) is 29.2 Å². The van der Waals surface area contributed by atoms with E-state index in [1.807, 2.05) is 0 Å². The summed E-state index contributed by atoms with van der Waals surface area (Å²) in [4.78, 5) is 5.12. The molecule has 0 unspecified atom stereocenters. The molecule has 5 rings (SSSR count). The number of anilines is 2. The van der Waals surface area contributed by atoms with E-state index in [0.29, 0.717) is 0 Å². The minimum atomic E-state index is 0.958. The first-order chi connectivity index (χ1) is 14.8. The van der Waals surface area contributed by atoms with Crippen molar-refractivity contribution < 1.29 is 0 Å². The van der Waals surface area contributed by atoms with Gasteiger partial charge < -0.3 is 10.2 Å². The third-order valence-corrected chi connectivity index (χ3v) is 6.18. The maximum Gasteiger partial charge on any atom is 0.0655 e. The van der Waals surface area contributed by atoms with Gasteiger partial charge in [0.15, 0.2) is 0 Å². The van der Waals surface area contributed by atoms with Gasteiger partial charge in [-0.1, -0.05) is 78.9 Å². The van der Waals surface area contributed by atoms with Crippen LogP contribution in [0.3, 0.4) is 0 Å². The Morgan fingerprint density at radius 1 is 0.700 bits per heavy atom. The van der Waals surface area contributed by atoms with E-state index in [1.54, 1.807) is 0 Å². The summed E-state index contributed by atoms with van der Waals surface area (Å²) in [5.74, 6) is 0. The zero-order valence-electron chi connectivity index (χ0n) is 17.4. The molecule has 1 N–H and O–H groups in total. The molecule has 1 fully saturated rings. The van der Waals surface area contributed by atoms with Crippen molar-refractivity contribution in [2.75, 3.05) is 36.4 Å². The monoisotopic (exact) mass is 395 g/mol. The maximum atomic E-state index is 3.77. The molecule has 0 amide bonds. The highest BCUT2D eigenvalue weighted by molar-refractivity contribution is 5.77. The van der Waals surface area contributed by atoms with Gasteiger partial charge in [-0.3, -0.25) is 4.90 Å². The summed E-state index contributed by atoms with van der Waals surface area (Å²) in [6.07, 6.45) is 4.31. The van der Waals surface area contributed by atoms with E-state index < -0.39 is 0 Å². The fourth-order valence-corrected chi connectivity index (χ4v) is 4.53. The van der Waals surface area contributed by atoms with Crippen LogP contribution in [0.1, 0.15) is 16.7 Å². The molecule has 3 aromatic carbocycles. The molecule has 0 aliphatic carbocycles. The van der Waals surface area contributed by atoms with Gasteiger partial charge in [0.2, 0.25) is 0 Å². The Bertz CT molecular complexity index is 1000. The minimum Gasteiger partial charge on any atom is -0.367 e. The largest absolute Gasteiger partial charge is 0.367 e. The Balaban J connectivity index is 1.26. The zero-order valence-corrected chi connectivity index (χ0v) is 17.4. The van der Waals surface area contributed by atoms with E-state index >= 15 is 0 Å². The number of nitrogens with one attached hydrogen (secondary N) is 1. The number of benzene rings is 3. The first-order valence-electron chi connectivity index (χ1n) is 11.0. The van der Waals surface area contributed by atoms with Crippen LogP contribution in [0.25, 0.3) is 0 Å². The SMILES string of the molecule is C1=C(Cc2ccccc2)Nc2c(cccc2N2CCN(Cc3ccccc3)CC2)C1. The van der Waals surface area contributed by atoms with E-state index in [-0.39, 0.29) is 0 Å². The molecule has 0 radical (unpaired) electrons. The molecule has 2 heterocycles. The van der Waals surface area contributed by atoms with E-state index in [9.17, 15) is 0 Å². The fraction of sp³-hybridized carbons (Fsp3) is 0.259. The van der Waals surface area contributed by atoms with Crippen LogP contribution >= 0.6 is 0 Å². The van der Waals surface area contributed by atoms with Crippen molar-refractivity contribution >= 4 is 11.4 Å². The van der Waals surface area contributed by atoms with Crippen LogP contribution in [0.5, 0.6) is 0 Å². The smallest absolute Gasteiger partial charge is 0.0655 e. The lowest BCUT2D eigenvalue weighted by molar-refractivity contribution is 0.250. The summed E-state index contributed by atoms with van der Waals surface area (Å²) in [6, 6.07) is 28.3. The molecule has 0 atom stereocenters. The summed E-state index contributed by atoms with van der Waals surface area (Å²) < 4.78 is 0. The number of hydrogen-bond acceptors (Lipinski definition) is 3. The molecule has 30 heavy (non-hydrogen) atoms. The van der Waals surface area contributed by atoms with Gasteiger partial charge >= 0.3 is 0 Å². The maximum absolute atomic E-state index is 3.77. The fourth-order valence-electron chi connectivity index (χ4n) is 4.53. The van der Waals surface area contributed by atoms with Gasteiger partial charge in [-0.25, -0.2) is 0 Å². The summed E-state index contributed by atoms with van der Waals surface area (Å²) in [7, 11) is 0. The average Bonchev–Trinajstić information content (AvgIpc) is 2.81. The van der Waals surface area contributed by atoms with Crippen molar-refractivity contribution in [3.05, 3.63) is 107 Å². The van der Waals surface area contributed by atoms with Crippen LogP contribution < -0.4 is 10.2 Å². The topological polar surface area (TPSA) is 18.5 Å². The average molecular weight is 396 g/mol. The van der Waals surface area contributed by atoms with Crippen LogP contribution in [-0.4, -0.2) is 31.1 Å². The molecule has 2 aliphatic rings. The molecule has 0 aromatic heterocycles. The number of nitrogens with zero attached hydrogens (tertiary/aromatic N) is 2. The Labute approximate surface area is 179 Å². The molecule has 3 heteroatoms. The van der Waals surface area contributed by atoms with Gasteiger partial charge in [0.1, 0.15) is 0 Å². The third kappa shape index (κ3) is 4.27. The van der Waals surface area contributed by atoms with Gasteiger partial charge in [0, 0.05) is 44.8 Å². The Morgan fingerprint density at radius 2 is 1.40 bits per heavy atom. The number of rotatable bonds is 5. The first kappa shape index (κ1) is 19.0. The highest BCUT2D eigenvalue weighted by Crippen LogP contribution is 2.35. The number of piperazine rings is 1. The van der Waals surface area contributed by atoms with Crippen molar-refractivity contribution in [1.82, 2.24) is 4.90 Å². The predicted octanol–water partition coefficient (Wildman–Crippen LogP) is 5.10. The van der Waals surface area contributed by atoms with Crippen LogP contribution in [0, 0.1) is 0 Å². The van der Waals surface area contributed by atoms with E-state index in [4.69, 9.17) is 0 Å². The molecule has 2 aliphatic heterocycles. The lowest BCUT2D eigenvalue weighted by Crippen LogP contribution is -2.46. The lowest BCUT2D eigenvalue weighted by Gasteiger charge is -2.38. The van der Waals surface area contributed by atoms with Crippen LogP contribution in [0.15, 0.2) is 90.6 Å². The Hall–Kier alpha value is -3.04. The molecule has 0 spiro atoms. The highest BCUT2D eigenvalue weighted by Gasteiger charge is 2.22. The predicted molar refractivity (Wildman–Crippen MR) is 126 cm³/mol. The van der Waals surface area contributed by atoms with Crippen molar-refractivity contribution in [2.45, 2.75) is 19.4 Å². The first-order valence-corrected chi connectivity index (χ1v) is 11.0. The summed E-state index contributed by atoms with van der Waals surface area (Å²) in [5, 5.41) is 3.77. The molecular formula is C27H29N3. The van der Waals surface area contributed by atoms with Crippen LogP contribution in [0.4, 0.5) is 11.4 Å². The second-order valence-electron chi connectivity index (χ2n) is 8.28. The highest BCUT2D eigenvalue weighted by atomic mass is 15.3. The quantitative estimate of drug-likeness (QED) is 0.648. The molecule has 0 saturated carbocycles. The van der Waals surface area contributed by atoms with Crippen LogP contribution in [-0.2, 0) is 19.4 Å². The second-order valence-corrected chi connectivity index (χ2v) is 8.28. The molecule has 3 aromatic rings. The zero-order chi connectivity index (χ0) is 20.2. The molecule has 1 saturated heterocycles. The lowest BCUT2D eigenvalue weighted by atomic mass is 9.99. The summed E-state index contributed by atoms with van der Waals surface area (Å²) in [5.41, 5.74) is 8.12. The normalized spacial score (nSPS) is 16.5. The molecule has 3 nitrogen and oxygen atoms in total. The van der Waals surface area contributed by atoms with Crippen molar-refractivity contribution in [3.63, 3.8) is 0 Å². The van der Waals surface area contributed by atoms with Gasteiger partial charge in [0.25, 0.3) is 0 Å². The number of fused-ring (bicyclic) bond motifs is 1. The standard InChI is InChI=1S/C27H29N3/c1-3-8-22(9-4-1)20-25-15-14-24-12-7-13-26(27(24)28-25)30-18-16-29(17-19-30)21-23-10-5-2-6-11-23/h1-13,15,28H,14,16-21H2. The van der Waals surface area contributed by atoms with E-state index in [2.05, 4.69) is 100 Å². The number of para-hydroxylation sites is 1. The van der Waals surface area contributed by atoms with Gasteiger partial charge in [-0.15, -0.1) is 0 Å². The van der Waals surface area contributed by atoms with Crippen LogP contribution in [0.2, 0.25) is 0 Å². The Kier molecular flexibility index (Phi) is 5.54. The second kappa shape index (κ2) is 8.76. The van der Waals surface area contributed by atoms with Gasteiger partial charge in [-0.2, -0.15) is 0 Å². The van der Waals surface area contributed by atoms with Gasteiger partial charge in [0.05, 0.1) is 11.4 Å². The molecule has 0 bridgehead atoms. The Morgan fingerprint density at radius 3 is 2.13 bits per heavy atom. The molecular weight excluding hydrogens is 366 g/mol. The van der Waals surface area contributed by atoms with E-state index in [0.717, 1.165) is 45.6 Å². The summed E-state index contributed by atoms with van der Waals surface area (Å²) >= 11 is 0. The van der Waals surface area contributed by atoms with E-state index in [1.165, 1.54) is 33.8 Å². The number of allylic oxidation sites excluding steroid dienone is 2.